The average Bonchev–Trinajstić information content (AvgIpc) is 2.46. The van der Waals surface area contributed by atoms with Crippen molar-refractivity contribution in [2.75, 3.05) is 0 Å². The molecule has 2 aromatic rings. The molecule has 0 saturated heterocycles. The van der Waals surface area contributed by atoms with E-state index < -0.39 is 5.97 Å². The third-order valence-electron chi connectivity index (χ3n) is 2.56. The molecule has 0 spiro atoms. The molecule has 0 amide bonds. The Morgan fingerprint density at radius 2 is 2.10 bits per heavy atom. The number of carboxylic acids is 1. The molecule has 0 bridgehead atoms. The summed E-state index contributed by atoms with van der Waals surface area (Å²) in [5.41, 5.74) is 1.46. The number of ether oxygens (including phenoxy) is 1. The number of aromatic nitrogens is 1. The first-order valence-corrected chi connectivity index (χ1v) is 7.57. The van der Waals surface area contributed by atoms with Crippen molar-refractivity contribution in [3.8, 4) is 5.75 Å². The Labute approximate surface area is 138 Å². The smallest absolute Gasteiger partial charge is 0.328 e. The summed E-state index contributed by atoms with van der Waals surface area (Å²) in [6.07, 6.45) is 4.27. The molecule has 0 aliphatic carbocycles. The van der Waals surface area contributed by atoms with Crippen LogP contribution in [0, 0.1) is 0 Å². The number of rotatable bonds is 5. The summed E-state index contributed by atoms with van der Waals surface area (Å²) < 4.78 is 7.41. The number of para-hydroxylation sites is 1. The van der Waals surface area contributed by atoms with Crippen LogP contribution in [0.5, 0.6) is 5.75 Å². The lowest BCUT2D eigenvalue weighted by Crippen LogP contribution is -2.00. The molecule has 1 aromatic heterocycles. The number of carboxylic acid groups (broad SMARTS) is 1. The monoisotopic (exact) mass is 411 g/mol. The number of hydrogen-bond donors (Lipinski definition) is 1. The lowest BCUT2D eigenvalue weighted by molar-refractivity contribution is -0.131. The standard InChI is InChI=1S/C15H11Br2NO3/c16-11-5-6-12(18-8-11)9-21-15-10(4-7-14(19)20)2-1-3-13(15)17/h1-8H,9H2,(H,19,20)/b7-4+. The van der Waals surface area contributed by atoms with Gasteiger partial charge in [-0.1, -0.05) is 12.1 Å². The van der Waals surface area contributed by atoms with Gasteiger partial charge in [0.15, 0.2) is 0 Å². The lowest BCUT2D eigenvalue weighted by Gasteiger charge is -2.11. The maximum absolute atomic E-state index is 10.6. The second-order valence-corrected chi connectivity index (χ2v) is 5.86. The van der Waals surface area contributed by atoms with E-state index in [2.05, 4.69) is 36.8 Å². The molecule has 4 nitrogen and oxygen atoms in total. The normalized spacial score (nSPS) is 10.8. The molecule has 0 aliphatic rings. The van der Waals surface area contributed by atoms with Crippen molar-refractivity contribution in [3.05, 3.63) is 62.8 Å². The quantitative estimate of drug-likeness (QED) is 0.744. The van der Waals surface area contributed by atoms with Gasteiger partial charge in [-0.2, -0.15) is 0 Å². The zero-order chi connectivity index (χ0) is 15.2. The Balaban J connectivity index is 2.18. The van der Waals surface area contributed by atoms with Gasteiger partial charge >= 0.3 is 5.97 Å². The highest BCUT2D eigenvalue weighted by Gasteiger charge is 2.07. The first-order chi connectivity index (χ1) is 10.1. The summed E-state index contributed by atoms with van der Waals surface area (Å²) in [5, 5.41) is 8.72. The number of benzene rings is 1. The summed E-state index contributed by atoms with van der Waals surface area (Å²) in [5.74, 6) is -0.421. The third-order valence-corrected chi connectivity index (χ3v) is 3.65. The van der Waals surface area contributed by atoms with Crippen LogP contribution in [0.1, 0.15) is 11.3 Å². The molecule has 0 unspecified atom stereocenters. The molecule has 1 heterocycles. The number of aliphatic carboxylic acids is 1. The van der Waals surface area contributed by atoms with E-state index in [-0.39, 0.29) is 0 Å². The molecule has 21 heavy (non-hydrogen) atoms. The fraction of sp³-hybridized carbons (Fsp3) is 0.0667. The van der Waals surface area contributed by atoms with Crippen LogP contribution >= 0.6 is 31.9 Å². The topological polar surface area (TPSA) is 59.4 Å². The van der Waals surface area contributed by atoms with E-state index in [0.717, 1.165) is 20.7 Å². The Morgan fingerprint density at radius 1 is 1.29 bits per heavy atom. The summed E-state index contributed by atoms with van der Waals surface area (Å²) in [6, 6.07) is 9.18. The van der Waals surface area contributed by atoms with E-state index in [9.17, 15) is 4.79 Å². The molecule has 1 aromatic carbocycles. The van der Waals surface area contributed by atoms with Crippen LogP contribution in [0.3, 0.4) is 0 Å². The molecule has 0 aliphatic heterocycles. The number of halogens is 2. The first-order valence-electron chi connectivity index (χ1n) is 5.99. The molecule has 0 radical (unpaired) electrons. The molecule has 108 valence electrons. The van der Waals surface area contributed by atoms with E-state index in [4.69, 9.17) is 9.84 Å². The van der Waals surface area contributed by atoms with Crippen LogP contribution in [0.15, 0.2) is 51.6 Å². The Hall–Kier alpha value is -1.66. The van der Waals surface area contributed by atoms with Crippen molar-refractivity contribution < 1.29 is 14.6 Å². The maximum atomic E-state index is 10.6. The van der Waals surface area contributed by atoms with Crippen LogP contribution in [0.2, 0.25) is 0 Å². The predicted octanol–water partition coefficient (Wildman–Crippen LogP) is 4.28. The molecular weight excluding hydrogens is 402 g/mol. The van der Waals surface area contributed by atoms with Crippen LogP contribution in [0.4, 0.5) is 0 Å². The van der Waals surface area contributed by atoms with Crippen molar-refractivity contribution in [1.82, 2.24) is 4.98 Å². The predicted molar refractivity (Wildman–Crippen MR) is 87.1 cm³/mol. The number of nitrogens with zero attached hydrogens (tertiary/aromatic N) is 1. The van der Waals surface area contributed by atoms with Crippen molar-refractivity contribution >= 4 is 43.9 Å². The second kappa shape index (κ2) is 7.38. The summed E-state index contributed by atoms with van der Waals surface area (Å²) in [7, 11) is 0. The average molecular weight is 413 g/mol. The zero-order valence-electron chi connectivity index (χ0n) is 10.8. The van der Waals surface area contributed by atoms with Gasteiger partial charge in [0.05, 0.1) is 10.2 Å². The van der Waals surface area contributed by atoms with Crippen LogP contribution in [-0.4, -0.2) is 16.1 Å². The number of pyridine rings is 1. The number of carbonyl (C=O) groups is 1. The maximum Gasteiger partial charge on any atom is 0.328 e. The van der Waals surface area contributed by atoms with E-state index in [0.29, 0.717) is 17.9 Å². The molecule has 0 fully saturated rings. The van der Waals surface area contributed by atoms with Crippen molar-refractivity contribution in [2.45, 2.75) is 6.61 Å². The van der Waals surface area contributed by atoms with Crippen molar-refractivity contribution in [1.29, 1.82) is 0 Å². The van der Waals surface area contributed by atoms with Gasteiger partial charge in [0.25, 0.3) is 0 Å². The van der Waals surface area contributed by atoms with Crippen molar-refractivity contribution in [2.24, 2.45) is 0 Å². The SMILES string of the molecule is O=C(O)/C=C/c1cccc(Br)c1OCc1ccc(Br)cn1. The molecule has 0 atom stereocenters. The van der Waals surface area contributed by atoms with Gasteiger partial charge in [-0.3, -0.25) is 4.98 Å². The lowest BCUT2D eigenvalue weighted by atomic mass is 10.2. The fourth-order valence-electron chi connectivity index (χ4n) is 1.61. The second-order valence-electron chi connectivity index (χ2n) is 4.09. The Bertz CT molecular complexity index is 669. The van der Waals surface area contributed by atoms with Gasteiger partial charge in [0.1, 0.15) is 12.4 Å². The van der Waals surface area contributed by atoms with E-state index in [1.165, 1.54) is 6.08 Å². The van der Waals surface area contributed by atoms with Crippen LogP contribution in [0.25, 0.3) is 6.08 Å². The van der Waals surface area contributed by atoms with Gasteiger partial charge in [-0.15, -0.1) is 0 Å². The fourth-order valence-corrected chi connectivity index (χ4v) is 2.34. The molecular formula is C15H11Br2NO3. The molecule has 6 heteroatoms. The summed E-state index contributed by atoms with van der Waals surface area (Å²) >= 11 is 6.73. The zero-order valence-corrected chi connectivity index (χ0v) is 14.0. The highest BCUT2D eigenvalue weighted by atomic mass is 79.9. The van der Waals surface area contributed by atoms with Gasteiger partial charge in [0, 0.05) is 22.3 Å². The van der Waals surface area contributed by atoms with E-state index in [1.54, 1.807) is 12.3 Å². The Morgan fingerprint density at radius 3 is 2.76 bits per heavy atom. The summed E-state index contributed by atoms with van der Waals surface area (Å²) in [4.78, 5) is 14.9. The minimum Gasteiger partial charge on any atom is -0.485 e. The van der Waals surface area contributed by atoms with Crippen LogP contribution in [-0.2, 0) is 11.4 Å². The number of hydrogen-bond acceptors (Lipinski definition) is 3. The van der Waals surface area contributed by atoms with E-state index in [1.807, 2.05) is 24.3 Å². The minimum absolute atomic E-state index is 0.295. The molecule has 2 rings (SSSR count). The minimum atomic E-state index is -1.00. The van der Waals surface area contributed by atoms with Gasteiger partial charge in [-0.25, -0.2) is 4.79 Å². The van der Waals surface area contributed by atoms with Gasteiger partial charge in [0.2, 0.25) is 0 Å². The summed E-state index contributed by atoms with van der Waals surface area (Å²) in [6.45, 7) is 0.295. The van der Waals surface area contributed by atoms with Crippen LogP contribution < -0.4 is 4.74 Å². The molecule has 0 saturated carbocycles. The molecule has 1 N–H and O–H groups in total. The largest absolute Gasteiger partial charge is 0.485 e. The van der Waals surface area contributed by atoms with Crippen molar-refractivity contribution in [3.63, 3.8) is 0 Å². The Kier molecular flexibility index (Phi) is 5.52. The van der Waals surface area contributed by atoms with Gasteiger partial charge in [-0.05, 0) is 56.1 Å². The van der Waals surface area contributed by atoms with E-state index >= 15 is 0 Å². The van der Waals surface area contributed by atoms with Gasteiger partial charge < -0.3 is 9.84 Å². The highest BCUT2D eigenvalue weighted by Crippen LogP contribution is 2.30. The highest BCUT2D eigenvalue weighted by molar-refractivity contribution is 9.10. The first kappa shape index (κ1) is 15.7. The third kappa shape index (κ3) is 4.68.